The molecule has 1 aromatic heterocycles. The largest absolute Gasteiger partial charge is 0.347 e. The van der Waals surface area contributed by atoms with Gasteiger partial charge in [-0.3, -0.25) is 9.59 Å². The monoisotopic (exact) mass is 405 g/mol. The third-order valence-electron chi connectivity index (χ3n) is 5.26. The van der Waals surface area contributed by atoms with Crippen LogP contribution in [-0.4, -0.2) is 22.8 Å². The van der Waals surface area contributed by atoms with Crippen molar-refractivity contribution in [1.82, 2.24) is 10.3 Å². The van der Waals surface area contributed by atoms with Gasteiger partial charge in [-0.2, -0.15) is 0 Å². The van der Waals surface area contributed by atoms with E-state index in [1.807, 2.05) is 41.8 Å². The van der Waals surface area contributed by atoms with E-state index in [0.717, 1.165) is 40.6 Å². The van der Waals surface area contributed by atoms with E-state index in [4.69, 9.17) is 0 Å². The second-order valence-electron chi connectivity index (χ2n) is 7.28. The van der Waals surface area contributed by atoms with E-state index in [0.29, 0.717) is 5.01 Å². The molecule has 0 bridgehead atoms. The number of nitrogens with one attached hydrogen (secondary N) is 2. The van der Waals surface area contributed by atoms with Crippen molar-refractivity contribution < 1.29 is 9.59 Å². The zero-order chi connectivity index (χ0) is 20.2. The Morgan fingerprint density at radius 3 is 2.76 bits per heavy atom. The third kappa shape index (κ3) is 4.38. The predicted octanol–water partition coefficient (Wildman–Crippen LogP) is 5.15. The van der Waals surface area contributed by atoms with Gasteiger partial charge in [0.25, 0.3) is 5.91 Å². The van der Waals surface area contributed by atoms with Crippen LogP contribution in [0.15, 0.2) is 54.4 Å². The van der Waals surface area contributed by atoms with Crippen molar-refractivity contribution in [3.8, 4) is 11.3 Å². The fourth-order valence-electron chi connectivity index (χ4n) is 3.73. The van der Waals surface area contributed by atoms with Gasteiger partial charge in [0.1, 0.15) is 0 Å². The minimum absolute atomic E-state index is 0.0899. The van der Waals surface area contributed by atoms with Gasteiger partial charge in [0, 0.05) is 28.1 Å². The maximum atomic E-state index is 12.6. The average molecular weight is 406 g/mol. The Balaban J connectivity index is 1.58. The molecule has 3 aromatic rings. The molecule has 5 nitrogen and oxygen atoms in total. The number of nitrogens with zero attached hydrogens (tertiary/aromatic N) is 1. The van der Waals surface area contributed by atoms with Gasteiger partial charge < -0.3 is 10.6 Å². The molecule has 6 heteroatoms. The summed E-state index contributed by atoms with van der Waals surface area (Å²) in [7, 11) is 0. The van der Waals surface area contributed by atoms with Crippen molar-refractivity contribution >= 4 is 39.6 Å². The molecule has 1 fully saturated rings. The van der Waals surface area contributed by atoms with Crippen LogP contribution in [0.5, 0.6) is 0 Å². The Morgan fingerprint density at radius 2 is 1.97 bits per heavy atom. The van der Waals surface area contributed by atoms with Crippen LogP contribution < -0.4 is 10.6 Å². The first kappa shape index (κ1) is 19.3. The van der Waals surface area contributed by atoms with E-state index < -0.39 is 0 Å². The molecule has 0 atom stereocenters. The van der Waals surface area contributed by atoms with Crippen LogP contribution in [0.25, 0.3) is 22.0 Å². The number of rotatable bonds is 5. The van der Waals surface area contributed by atoms with E-state index in [9.17, 15) is 9.59 Å². The minimum Gasteiger partial charge on any atom is -0.347 e. The van der Waals surface area contributed by atoms with Crippen LogP contribution in [-0.2, 0) is 4.79 Å². The summed E-state index contributed by atoms with van der Waals surface area (Å²) >= 11 is 1.36. The molecule has 1 heterocycles. The van der Waals surface area contributed by atoms with Gasteiger partial charge in [-0.05, 0) is 36.4 Å². The number of thiazole rings is 1. The summed E-state index contributed by atoms with van der Waals surface area (Å²) in [5.74, 6) is -0.342. The molecule has 1 aliphatic carbocycles. The van der Waals surface area contributed by atoms with Crippen molar-refractivity contribution in [2.45, 2.75) is 38.1 Å². The number of amides is 2. The molecule has 2 aromatic carbocycles. The molecule has 4 rings (SSSR count). The number of carbonyl (C=O) groups excluding carboxylic acids is 2. The van der Waals surface area contributed by atoms with Crippen LogP contribution >= 0.6 is 11.3 Å². The van der Waals surface area contributed by atoms with Gasteiger partial charge >= 0.3 is 0 Å². The quantitative estimate of drug-likeness (QED) is 0.577. The number of aromatic nitrogens is 1. The number of benzene rings is 2. The Hall–Kier alpha value is -2.99. The van der Waals surface area contributed by atoms with Crippen LogP contribution in [0.2, 0.25) is 0 Å². The lowest BCUT2D eigenvalue weighted by atomic mass is 9.95. The highest BCUT2D eigenvalue weighted by atomic mass is 32.1. The minimum atomic E-state index is -0.252. The molecule has 0 aliphatic heterocycles. The fraction of sp³-hybridized carbons (Fsp3) is 0.261. The van der Waals surface area contributed by atoms with Gasteiger partial charge in [0.2, 0.25) is 5.91 Å². The van der Waals surface area contributed by atoms with Gasteiger partial charge in [0.15, 0.2) is 5.01 Å². The van der Waals surface area contributed by atoms with Gasteiger partial charge in [-0.15, -0.1) is 11.3 Å². The van der Waals surface area contributed by atoms with E-state index in [1.165, 1.54) is 36.7 Å². The van der Waals surface area contributed by atoms with Crippen LogP contribution in [0.3, 0.4) is 0 Å². The second-order valence-corrected chi connectivity index (χ2v) is 8.14. The summed E-state index contributed by atoms with van der Waals surface area (Å²) in [5.41, 5.74) is 2.39. The lowest BCUT2D eigenvalue weighted by Gasteiger charge is -2.22. The van der Waals surface area contributed by atoms with Crippen LogP contribution in [0, 0.1) is 0 Å². The molecule has 2 amide bonds. The number of hydrogen-bond acceptors (Lipinski definition) is 4. The molecular formula is C23H23N3O2S. The molecule has 0 radical (unpaired) electrons. The zero-order valence-corrected chi connectivity index (χ0v) is 16.9. The fourth-order valence-corrected chi connectivity index (χ4v) is 4.46. The second kappa shape index (κ2) is 8.57. The molecule has 0 unspecified atom stereocenters. The topological polar surface area (TPSA) is 71.1 Å². The highest BCUT2D eigenvalue weighted by Crippen LogP contribution is 2.30. The molecule has 0 spiro atoms. The van der Waals surface area contributed by atoms with Crippen molar-refractivity contribution in [2.24, 2.45) is 0 Å². The number of fused-ring (bicyclic) bond motifs is 1. The van der Waals surface area contributed by atoms with E-state index in [-0.39, 0.29) is 17.9 Å². The van der Waals surface area contributed by atoms with Gasteiger partial charge in [-0.25, -0.2) is 4.98 Å². The molecule has 2 N–H and O–H groups in total. The Bertz CT molecular complexity index is 1070. The van der Waals surface area contributed by atoms with Gasteiger partial charge in [-0.1, -0.05) is 50.1 Å². The zero-order valence-electron chi connectivity index (χ0n) is 16.1. The summed E-state index contributed by atoms with van der Waals surface area (Å²) in [6, 6.07) is 12.0. The standard InChI is InChI=1S/C23H23N3O2S/c1-2-21(27)25-19-10-6-7-15-11-12-16(13-18(15)19)20-14-29-23(26-20)22(28)24-17-8-4-3-5-9-17/h2,6-7,10-14,17H,1,3-5,8-9H2,(H,24,28)(H,25,27). The maximum Gasteiger partial charge on any atom is 0.280 e. The average Bonchev–Trinajstić information content (AvgIpc) is 3.25. The normalized spacial score (nSPS) is 14.5. The summed E-state index contributed by atoms with van der Waals surface area (Å²) in [4.78, 5) is 28.9. The lowest BCUT2D eigenvalue weighted by molar-refractivity contribution is -0.111. The summed E-state index contributed by atoms with van der Waals surface area (Å²) < 4.78 is 0. The Labute approximate surface area is 173 Å². The van der Waals surface area contributed by atoms with Crippen molar-refractivity contribution in [3.63, 3.8) is 0 Å². The van der Waals surface area contributed by atoms with E-state index in [1.54, 1.807) is 0 Å². The van der Waals surface area contributed by atoms with Crippen molar-refractivity contribution in [1.29, 1.82) is 0 Å². The van der Waals surface area contributed by atoms with Gasteiger partial charge in [0.05, 0.1) is 5.69 Å². The summed E-state index contributed by atoms with van der Waals surface area (Å²) in [5, 5.41) is 10.3. The Kier molecular flexibility index (Phi) is 5.71. The van der Waals surface area contributed by atoms with Crippen LogP contribution in [0.1, 0.15) is 41.9 Å². The summed E-state index contributed by atoms with van der Waals surface area (Å²) in [6.45, 7) is 3.50. The highest BCUT2D eigenvalue weighted by molar-refractivity contribution is 7.12. The maximum absolute atomic E-state index is 12.6. The molecule has 0 saturated heterocycles. The number of carbonyl (C=O) groups is 2. The molecule has 148 valence electrons. The third-order valence-corrected chi connectivity index (χ3v) is 6.10. The smallest absolute Gasteiger partial charge is 0.280 e. The molecule has 1 saturated carbocycles. The molecular weight excluding hydrogens is 382 g/mol. The first-order valence-electron chi connectivity index (χ1n) is 9.87. The van der Waals surface area contributed by atoms with Crippen LogP contribution in [0.4, 0.5) is 5.69 Å². The van der Waals surface area contributed by atoms with Crippen molar-refractivity contribution in [2.75, 3.05) is 5.32 Å². The summed E-state index contributed by atoms with van der Waals surface area (Å²) in [6.07, 6.45) is 6.96. The van der Waals surface area contributed by atoms with E-state index >= 15 is 0 Å². The Morgan fingerprint density at radius 1 is 1.14 bits per heavy atom. The SMILES string of the molecule is C=CC(=O)Nc1cccc2ccc(-c3csc(C(=O)NC4CCCCC4)n3)cc12. The first-order chi connectivity index (χ1) is 14.1. The number of anilines is 1. The molecule has 29 heavy (non-hydrogen) atoms. The lowest BCUT2D eigenvalue weighted by Crippen LogP contribution is -2.36. The first-order valence-corrected chi connectivity index (χ1v) is 10.7. The van der Waals surface area contributed by atoms with Crippen molar-refractivity contribution in [3.05, 3.63) is 59.4 Å². The highest BCUT2D eigenvalue weighted by Gasteiger charge is 2.19. The molecule has 1 aliphatic rings. The van der Waals surface area contributed by atoms with E-state index in [2.05, 4.69) is 22.2 Å². The predicted molar refractivity (Wildman–Crippen MR) is 118 cm³/mol. The number of hydrogen-bond donors (Lipinski definition) is 2.